The SMILES string of the molecule is CCC(C)N1CCCC2(CCC(=O)N2CCS(C)(=O)=O)CC1. The number of hydrogen-bond donors (Lipinski definition) is 0. The normalized spacial score (nSPS) is 29.0. The molecule has 0 bridgehead atoms. The summed E-state index contributed by atoms with van der Waals surface area (Å²) in [6, 6.07) is 0.580. The fourth-order valence-electron chi connectivity index (χ4n) is 3.91. The monoisotopic (exact) mass is 330 g/mol. The van der Waals surface area contributed by atoms with Crippen LogP contribution in [-0.2, 0) is 14.6 Å². The van der Waals surface area contributed by atoms with E-state index >= 15 is 0 Å². The average molecular weight is 330 g/mol. The summed E-state index contributed by atoms with van der Waals surface area (Å²) in [5.74, 6) is 0.218. The van der Waals surface area contributed by atoms with E-state index in [1.807, 2.05) is 4.90 Å². The van der Waals surface area contributed by atoms with Crippen molar-refractivity contribution < 1.29 is 13.2 Å². The summed E-state index contributed by atoms with van der Waals surface area (Å²) in [5.41, 5.74) is -0.0933. The second kappa shape index (κ2) is 6.87. The molecule has 2 aliphatic rings. The van der Waals surface area contributed by atoms with Gasteiger partial charge in [0.1, 0.15) is 9.84 Å². The minimum atomic E-state index is -3.03. The smallest absolute Gasteiger partial charge is 0.223 e. The molecular formula is C16H30N2O3S. The Hall–Kier alpha value is -0.620. The molecular weight excluding hydrogens is 300 g/mol. The number of likely N-dealkylation sites (tertiary alicyclic amines) is 2. The zero-order valence-electron chi connectivity index (χ0n) is 14.2. The van der Waals surface area contributed by atoms with Crippen LogP contribution in [0.5, 0.6) is 0 Å². The van der Waals surface area contributed by atoms with Crippen molar-refractivity contribution in [3.63, 3.8) is 0 Å². The summed E-state index contributed by atoms with van der Waals surface area (Å²) in [6.07, 6.45) is 6.94. The van der Waals surface area contributed by atoms with Crippen LogP contribution in [0.15, 0.2) is 0 Å². The maximum Gasteiger partial charge on any atom is 0.223 e. The van der Waals surface area contributed by atoms with E-state index in [0.29, 0.717) is 19.0 Å². The molecule has 22 heavy (non-hydrogen) atoms. The van der Waals surface area contributed by atoms with Gasteiger partial charge >= 0.3 is 0 Å². The van der Waals surface area contributed by atoms with Gasteiger partial charge in [-0.15, -0.1) is 0 Å². The molecule has 0 aromatic rings. The summed E-state index contributed by atoms with van der Waals surface area (Å²) < 4.78 is 22.9. The van der Waals surface area contributed by atoms with Crippen molar-refractivity contribution in [2.75, 3.05) is 31.6 Å². The number of rotatable bonds is 5. The first-order valence-electron chi connectivity index (χ1n) is 8.50. The number of sulfone groups is 1. The van der Waals surface area contributed by atoms with Crippen LogP contribution in [0.1, 0.15) is 52.4 Å². The first-order chi connectivity index (χ1) is 10.3. The molecule has 2 fully saturated rings. The third-order valence-corrected chi connectivity index (χ3v) is 6.45. The van der Waals surface area contributed by atoms with Gasteiger partial charge in [-0.1, -0.05) is 6.92 Å². The molecule has 2 unspecified atom stereocenters. The number of amides is 1. The van der Waals surface area contributed by atoms with Crippen molar-refractivity contribution >= 4 is 15.7 Å². The lowest BCUT2D eigenvalue weighted by Gasteiger charge is -2.38. The lowest BCUT2D eigenvalue weighted by Crippen LogP contribution is -2.48. The minimum absolute atomic E-state index is 0.0789. The fraction of sp³-hybridized carbons (Fsp3) is 0.938. The summed E-state index contributed by atoms with van der Waals surface area (Å²) >= 11 is 0. The molecule has 128 valence electrons. The molecule has 2 aliphatic heterocycles. The molecule has 2 saturated heterocycles. The standard InChI is InChI=1S/C16H30N2O3S/c1-4-14(2)17-10-5-7-16(9-11-17)8-6-15(19)18(16)12-13-22(3,20)21/h14H,4-13H2,1-3H3. The van der Waals surface area contributed by atoms with E-state index in [1.54, 1.807) is 0 Å². The number of carbonyl (C=O) groups is 1. The van der Waals surface area contributed by atoms with Gasteiger partial charge in [-0.25, -0.2) is 8.42 Å². The van der Waals surface area contributed by atoms with Crippen molar-refractivity contribution in [3.05, 3.63) is 0 Å². The van der Waals surface area contributed by atoms with Crippen molar-refractivity contribution in [2.45, 2.75) is 64.0 Å². The zero-order chi connectivity index (χ0) is 16.4. The maximum atomic E-state index is 12.3. The van der Waals surface area contributed by atoms with Crippen LogP contribution >= 0.6 is 0 Å². The Labute approximate surface area is 135 Å². The number of hydrogen-bond acceptors (Lipinski definition) is 4. The van der Waals surface area contributed by atoms with Crippen molar-refractivity contribution in [2.24, 2.45) is 0 Å². The molecule has 2 heterocycles. The van der Waals surface area contributed by atoms with E-state index in [-0.39, 0.29) is 17.2 Å². The van der Waals surface area contributed by atoms with E-state index in [4.69, 9.17) is 0 Å². The summed E-state index contributed by atoms with van der Waals surface area (Å²) in [6.45, 7) is 6.94. The van der Waals surface area contributed by atoms with Gasteiger partial charge in [0.25, 0.3) is 0 Å². The highest BCUT2D eigenvalue weighted by molar-refractivity contribution is 7.90. The zero-order valence-corrected chi connectivity index (χ0v) is 15.0. The van der Waals surface area contributed by atoms with E-state index in [1.165, 1.54) is 6.26 Å². The van der Waals surface area contributed by atoms with Gasteiger partial charge in [0.05, 0.1) is 5.75 Å². The predicted octanol–water partition coefficient (Wildman–Crippen LogP) is 1.68. The molecule has 2 rings (SSSR count). The summed E-state index contributed by atoms with van der Waals surface area (Å²) in [7, 11) is -3.03. The van der Waals surface area contributed by atoms with Crippen LogP contribution < -0.4 is 0 Å². The first kappa shape index (κ1) is 17.7. The predicted molar refractivity (Wildman–Crippen MR) is 88.6 cm³/mol. The Morgan fingerprint density at radius 3 is 2.59 bits per heavy atom. The van der Waals surface area contributed by atoms with Gasteiger partial charge in [-0.2, -0.15) is 0 Å². The first-order valence-corrected chi connectivity index (χ1v) is 10.6. The Kier molecular flexibility index (Phi) is 5.54. The number of carbonyl (C=O) groups excluding carboxylic acids is 1. The average Bonchev–Trinajstić information content (AvgIpc) is 2.62. The van der Waals surface area contributed by atoms with E-state index in [2.05, 4.69) is 18.7 Å². The van der Waals surface area contributed by atoms with Crippen LogP contribution in [0.2, 0.25) is 0 Å². The largest absolute Gasteiger partial charge is 0.336 e. The van der Waals surface area contributed by atoms with Gasteiger partial charge in [-0.3, -0.25) is 4.79 Å². The maximum absolute atomic E-state index is 12.3. The van der Waals surface area contributed by atoms with Gasteiger partial charge < -0.3 is 9.80 Å². The molecule has 6 heteroatoms. The second-order valence-electron chi connectivity index (χ2n) is 7.05. The van der Waals surface area contributed by atoms with Crippen LogP contribution in [-0.4, -0.2) is 67.3 Å². The third-order valence-electron chi connectivity index (χ3n) is 5.53. The highest BCUT2D eigenvalue weighted by Gasteiger charge is 2.45. The highest BCUT2D eigenvalue weighted by Crippen LogP contribution is 2.39. The van der Waals surface area contributed by atoms with Crippen LogP contribution in [0, 0.1) is 0 Å². The highest BCUT2D eigenvalue weighted by atomic mass is 32.2. The van der Waals surface area contributed by atoms with Crippen molar-refractivity contribution in [3.8, 4) is 0 Å². The Bertz CT molecular complexity index is 506. The van der Waals surface area contributed by atoms with E-state index < -0.39 is 9.84 Å². The van der Waals surface area contributed by atoms with Gasteiger partial charge in [-0.05, 0) is 45.6 Å². The van der Waals surface area contributed by atoms with Gasteiger partial charge in [0.15, 0.2) is 0 Å². The molecule has 1 spiro atoms. The molecule has 2 atom stereocenters. The third kappa shape index (κ3) is 4.02. The van der Waals surface area contributed by atoms with Gasteiger partial charge in [0, 0.05) is 37.3 Å². The second-order valence-corrected chi connectivity index (χ2v) is 9.31. The summed E-state index contributed by atoms with van der Waals surface area (Å²) in [5, 5.41) is 0. The molecule has 0 aliphatic carbocycles. The van der Waals surface area contributed by atoms with Gasteiger partial charge in [0.2, 0.25) is 5.91 Å². The Balaban J connectivity index is 2.08. The van der Waals surface area contributed by atoms with Crippen LogP contribution in [0.3, 0.4) is 0 Å². The lowest BCUT2D eigenvalue weighted by molar-refractivity contribution is -0.131. The number of nitrogens with zero attached hydrogens (tertiary/aromatic N) is 2. The van der Waals surface area contributed by atoms with Crippen LogP contribution in [0.4, 0.5) is 0 Å². The molecule has 5 nitrogen and oxygen atoms in total. The fourth-order valence-corrected chi connectivity index (χ4v) is 4.43. The van der Waals surface area contributed by atoms with E-state index in [9.17, 15) is 13.2 Å². The molecule has 0 saturated carbocycles. The Morgan fingerprint density at radius 2 is 1.95 bits per heavy atom. The van der Waals surface area contributed by atoms with Crippen molar-refractivity contribution in [1.82, 2.24) is 9.80 Å². The minimum Gasteiger partial charge on any atom is -0.336 e. The van der Waals surface area contributed by atoms with Crippen LogP contribution in [0.25, 0.3) is 0 Å². The van der Waals surface area contributed by atoms with E-state index in [0.717, 1.165) is 45.2 Å². The molecule has 0 radical (unpaired) electrons. The lowest BCUT2D eigenvalue weighted by atomic mass is 9.88. The quantitative estimate of drug-likeness (QED) is 0.769. The molecule has 0 aromatic heterocycles. The molecule has 0 aromatic carbocycles. The molecule has 0 N–H and O–H groups in total. The van der Waals surface area contributed by atoms with Crippen molar-refractivity contribution in [1.29, 1.82) is 0 Å². The topological polar surface area (TPSA) is 57.7 Å². The Morgan fingerprint density at radius 1 is 1.23 bits per heavy atom. The molecule has 1 amide bonds. The summed E-state index contributed by atoms with van der Waals surface area (Å²) in [4.78, 5) is 16.7.